The molecule has 0 radical (unpaired) electrons. The van der Waals surface area contributed by atoms with E-state index < -0.39 is 0 Å². The van der Waals surface area contributed by atoms with Gasteiger partial charge in [0.05, 0.1) is 25.9 Å². The lowest BCUT2D eigenvalue weighted by Crippen LogP contribution is -2.23. The molecular weight excluding hydrogens is 180 g/mol. The summed E-state index contributed by atoms with van der Waals surface area (Å²) in [4.78, 5) is 11.2. The molecule has 1 aliphatic rings. The molecule has 3 nitrogen and oxygen atoms in total. The largest absolute Gasteiger partial charge is 0.501 e. The molecule has 0 aromatic heterocycles. The first kappa shape index (κ1) is 11.1. The summed E-state index contributed by atoms with van der Waals surface area (Å²) in [5.74, 6) is 1.27. The van der Waals surface area contributed by atoms with Gasteiger partial charge in [-0.1, -0.05) is 6.58 Å². The molecule has 0 unspecified atom stereocenters. The molecule has 0 N–H and O–H groups in total. The van der Waals surface area contributed by atoms with Gasteiger partial charge in [-0.2, -0.15) is 0 Å². The zero-order chi connectivity index (χ0) is 10.6. The van der Waals surface area contributed by atoms with Crippen molar-refractivity contribution in [1.29, 1.82) is 0 Å². The molecule has 1 saturated carbocycles. The van der Waals surface area contributed by atoms with E-state index >= 15 is 0 Å². The fraction of sp³-hybridized carbons (Fsp3) is 0.727. The van der Waals surface area contributed by atoms with Crippen LogP contribution in [0.15, 0.2) is 12.3 Å². The molecule has 0 heterocycles. The normalized spacial score (nSPS) is 26.7. The Balaban J connectivity index is 2.38. The quantitative estimate of drug-likeness (QED) is 0.514. The van der Waals surface area contributed by atoms with Gasteiger partial charge < -0.3 is 9.47 Å². The van der Waals surface area contributed by atoms with E-state index in [0.29, 0.717) is 5.92 Å². The molecule has 0 aliphatic heterocycles. The van der Waals surface area contributed by atoms with Gasteiger partial charge in [-0.15, -0.1) is 0 Å². The summed E-state index contributed by atoms with van der Waals surface area (Å²) in [7, 11) is 3.09. The van der Waals surface area contributed by atoms with Crippen molar-refractivity contribution in [2.45, 2.75) is 25.7 Å². The Morgan fingerprint density at radius 1 is 1.07 bits per heavy atom. The predicted octanol–water partition coefficient (Wildman–Crippen LogP) is 2.13. The highest BCUT2D eigenvalue weighted by Crippen LogP contribution is 2.33. The van der Waals surface area contributed by atoms with E-state index in [4.69, 9.17) is 9.47 Å². The van der Waals surface area contributed by atoms with E-state index in [2.05, 4.69) is 6.58 Å². The van der Waals surface area contributed by atoms with Gasteiger partial charge in [-0.25, -0.2) is 0 Å². The van der Waals surface area contributed by atoms with Crippen molar-refractivity contribution in [1.82, 2.24) is 0 Å². The van der Waals surface area contributed by atoms with Gasteiger partial charge >= 0.3 is 5.97 Å². The van der Waals surface area contributed by atoms with E-state index in [1.54, 1.807) is 7.11 Å². The molecule has 0 aromatic rings. The third-order valence-electron chi connectivity index (χ3n) is 2.98. The average Bonchev–Trinajstić information content (AvgIpc) is 2.27. The molecule has 0 aromatic carbocycles. The van der Waals surface area contributed by atoms with Gasteiger partial charge in [0.2, 0.25) is 0 Å². The van der Waals surface area contributed by atoms with Crippen molar-refractivity contribution in [3.8, 4) is 0 Å². The highest BCUT2D eigenvalue weighted by Gasteiger charge is 2.28. The number of hydrogen-bond acceptors (Lipinski definition) is 3. The third kappa shape index (κ3) is 2.50. The predicted molar refractivity (Wildman–Crippen MR) is 53.6 cm³/mol. The molecule has 1 aliphatic carbocycles. The fourth-order valence-corrected chi connectivity index (χ4v) is 1.98. The summed E-state index contributed by atoms with van der Waals surface area (Å²) in [6.07, 6.45) is 3.73. The maximum Gasteiger partial charge on any atom is 0.308 e. The van der Waals surface area contributed by atoms with E-state index in [-0.39, 0.29) is 11.9 Å². The zero-order valence-electron chi connectivity index (χ0n) is 8.91. The van der Waals surface area contributed by atoms with Crippen molar-refractivity contribution in [2.75, 3.05) is 14.2 Å². The first-order valence-electron chi connectivity index (χ1n) is 4.99. The first-order valence-corrected chi connectivity index (χ1v) is 4.99. The second kappa shape index (κ2) is 5.03. The molecular formula is C11H18O3. The summed E-state index contributed by atoms with van der Waals surface area (Å²) in [6.45, 7) is 3.85. The van der Waals surface area contributed by atoms with Crippen LogP contribution in [0, 0.1) is 11.8 Å². The van der Waals surface area contributed by atoms with Crippen molar-refractivity contribution in [2.24, 2.45) is 11.8 Å². The third-order valence-corrected chi connectivity index (χ3v) is 2.98. The number of ether oxygens (including phenoxy) is 2. The minimum atomic E-state index is -0.0773. The minimum Gasteiger partial charge on any atom is -0.501 e. The van der Waals surface area contributed by atoms with Gasteiger partial charge in [-0.05, 0) is 25.7 Å². The maximum atomic E-state index is 11.2. The van der Waals surface area contributed by atoms with Gasteiger partial charge in [0.25, 0.3) is 0 Å². The zero-order valence-corrected chi connectivity index (χ0v) is 8.91. The Hall–Kier alpha value is -0.990. The highest BCUT2D eigenvalue weighted by molar-refractivity contribution is 5.72. The minimum absolute atomic E-state index is 0.0773. The average molecular weight is 198 g/mol. The number of hydrogen-bond donors (Lipinski definition) is 0. The van der Waals surface area contributed by atoms with Crippen LogP contribution < -0.4 is 0 Å². The Bertz CT molecular complexity index is 191. The van der Waals surface area contributed by atoms with Crippen LogP contribution in [0.25, 0.3) is 0 Å². The second-order valence-electron chi connectivity index (χ2n) is 3.74. The molecule has 0 saturated heterocycles. The lowest BCUT2D eigenvalue weighted by atomic mass is 9.81. The Kier molecular flexibility index (Phi) is 3.98. The number of rotatable bonds is 3. The van der Waals surface area contributed by atoms with E-state index in [9.17, 15) is 4.79 Å². The van der Waals surface area contributed by atoms with Crippen molar-refractivity contribution < 1.29 is 14.3 Å². The van der Waals surface area contributed by atoms with Gasteiger partial charge in [0, 0.05) is 5.92 Å². The number of esters is 1. The summed E-state index contributed by atoms with van der Waals surface area (Å²) >= 11 is 0. The fourth-order valence-electron chi connectivity index (χ4n) is 1.98. The van der Waals surface area contributed by atoms with Crippen LogP contribution in [-0.4, -0.2) is 20.2 Å². The molecule has 3 heteroatoms. The van der Waals surface area contributed by atoms with Crippen molar-refractivity contribution in [3.05, 3.63) is 12.3 Å². The van der Waals surface area contributed by atoms with E-state index in [0.717, 1.165) is 31.4 Å². The number of carbonyl (C=O) groups excluding carboxylic acids is 1. The van der Waals surface area contributed by atoms with Crippen LogP contribution >= 0.6 is 0 Å². The topological polar surface area (TPSA) is 35.5 Å². The number of allylic oxidation sites excluding steroid dienone is 1. The Labute approximate surface area is 85.1 Å². The van der Waals surface area contributed by atoms with Crippen LogP contribution in [0.3, 0.4) is 0 Å². The maximum absolute atomic E-state index is 11.2. The molecule has 0 bridgehead atoms. The van der Waals surface area contributed by atoms with Crippen LogP contribution in [0.4, 0.5) is 0 Å². The van der Waals surface area contributed by atoms with E-state index in [1.165, 1.54) is 7.11 Å². The van der Waals surface area contributed by atoms with Gasteiger partial charge in [0.1, 0.15) is 0 Å². The number of methoxy groups -OCH3 is 2. The monoisotopic (exact) mass is 198 g/mol. The van der Waals surface area contributed by atoms with Crippen molar-refractivity contribution >= 4 is 5.97 Å². The Morgan fingerprint density at radius 2 is 1.57 bits per heavy atom. The summed E-state index contributed by atoms with van der Waals surface area (Å²) in [5.41, 5.74) is 0. The Morgan fingerprint density at radius 3 is 2.00 bits per heavy atom. The smallest absolute Gasteiger partial charge is 0.308 e. The van der Waals surface area contributed by atoms with Gasteiger partial charge in [0.15, 0.2) is 0 Å². The molecule has 80 valence electrons. The highest BCUT2D eigenvalue weighted by atomic mass is 16.5. The first-order chi connectivity index (χ1) is 6.69. The van der Waals surface area contributed by atoms with Crippen LogP contribution in [0.5, 0.6) is 0 Å². The summed E-state index contributed by atoms with van der Waals surface area (Å²) in [6, 6.07) is 0. The summed E-state index contributed by atoms with van der Waals surface area (Å²) in [5, 5.41) is 0. The molecule has 1 rings (SSSR count). The van der Waals surface area contributed by atoms with Gasteiger partial charge in [-0.3, -0.25) is 4.79 Å². The lowest BCUT2D eigenvalue weighted by molar-refractivity contribution is -0.146. The van der Waals surface area contributed by atoms with Crippen molar-refractivity contribution in [3.63, 3.8) is 0 Å². The molecule has 14 heavy (non-hydrogen) atoms. The number of carbonyl (C=O) groups is 1. The second-order valence-corrected chi connectivity index (χ2v) is 3.74. The van der Waals surface area contributed by atoms with E-state index in [1.807, 2.05) is 0 Å². The SMILES string of the molecule is C=C(OC)C1CCC(C(=O)OC)CC1. The lowest BCUT2D eigenvalue weighted by Gasteiger charge is -2.27. The molecule has 1 fully saturated rings. The van der Waals surface area contributed by atoms with Crippen LogP contribution in [-0.2, 0) is 14.3 Å². The molecule has 0 atom stereocenters. The van der Waals surface area contributed by atoms with Crippen LogP contribution in [0.1, 0.15) is 25.7 Å². The molecule has 0 amide bonds. The molecule has 0 spiro atoms. The standard InChI is InChI=1S/C11H18O3/c1-8(13-2)9-4-6-10(7-5-9)11(12)14-3/h9-10H,1,4-7H2,2-3H3. The van der Waals surface area contributed by atoms with Crippen LogP contribution in [0.2, 0.25) is 0 Å². The summed E-state index contributed by atoms with van der Waals surface area (Å²) < 4.78 is 9.82.